The Bertz CT molecular complexity index is 573. The van der Waals surface area contributed by atoms with Crippen molar-refractivity contribution < 1.29 is 9.47 Å². The number of aromatic nitrogens is 2. The molecule has 0 unspecified atom stereocenters. The number of ether oxygens (including phenoxy) is 2. The summed E-state index contributed by atoms with van der Waals surface area (Å²) in [6.07, 6.45) is 0. The summed E-state index contributed by atoms with van der Waals surface area (Å²) in [4.78, 5) is 7.98. The van der Waals surface area contributed by atoms with Crippen LogP contribution in [0.25, 0.3) is 0 Å². The van der Waals surface area contributed by atoms with Gasteiger partial charge in [0.25, 0.3) is 5.88 Å². The lowest BCUT2D eigenvalue weighted by atomic mass is 10.2. The van der Waals surface area contributed by atoms with Gasteiger partial charge in [0.2, 0.25) is 11.8 Å². The SMILES string of the molecule is CC(C)COc1nc(N)nc(Oc2ccccc2)c1N. The fourth-order valence-corrected chi connectivity index (χ4v) is 1.48. The van der Waals surface area contributed by atoms with Crippen LogP contribution in [0.15, 0.2) is 30.3 Å². The Morgan fingerprint density at radius 3 is 2.35 bits per heavy atom. The molecule has 0 spiro atoms. The molecule has 0 aliphatic heterocycles. The van der Waals surface area contributed by atoms with Gasteiger partial charge in [-0.05, 0) is 18.1 Å². The predicted octanol–water partition coefficient (Wildman–Crippen LogP) is 2.47. The zero-order valence-corrected chi connectivity index (χ0v) is 11.5. The fraction of sp³-hybridized carbons (Fsp3) is 0.286. The highest BCUT2D eigenvalue weighted by Gasteiger charge is 2.14. The smallest absolute Gasteiger partial charge is 0.251 e. The zero-order valence-electron chi connectivity index (χ0n) is 11.5. The van der Waals surface area contributed by atoms with Gasteiger partial charge in [0, 0.05) is 0 Å². The highest BCUT2D eigenvalue weighted by Crippen LogP contribution is 2.32. The molecule has 0 fully saturated rings. The Hall–Kier alpha value is -2.50. The van der Waals surface area contributed by atoms with Crippen molar-refractivity contribution in [2.75, 3.05) is 18.1 Å². The van der Waals surface area contributed by atoms with E-state index in [2.05, 4.69) is 9.97 Å². The summed E-state index contributed by atoms with van der Waals surface area (Å²) in [6, 6.07) is 9.19. The third kappa shape index (κ3) is 3.50. The number of nitrogen functional groups attached to an aromatic ring is 2. The molecule has 0 radical (unpaired) electrons. The van der Waals surface area contributed by atoms with E-state index in [0.29, 0.717) is 18.3 Å². The van der Waals surface area contributed by atoms with Crippen molar-refractivity contribution in [1.29, 1.82) is 0 Å². The average Bonchev–Trinajstić information content (AvgIpc) is 2.42. The maximum atomic E-state index is 5.96. The molecular formula is C14H18N4O2. The molecule has 20 heavy (non-hydrogen) atoms. The lowest BCUT2D eigenvalue weighted by Gasteiger charge is -2.13. The number of hydrogen-bond donors (Lipinski definition) is 2. The van der Waals surface area contributed by atoms with Crippen LogP contribution < -0.4 is 20.9 Å². The molecule has 1 aromatic carbocycles. The number of para-hydroxylation sites is 1. The topological polar surface area (TPSA) is 96.3 Å². The first kappa shape index (κ1) is 13.9. The molecule has 0 saturated heterocycles. The third-order valence-electron chi connectivity index (χ3n) is 2.40. The highest BCUT2D eigenvalue weighted by molar-refractivity contribution is 5.59. The van der Waals surface area contributed by atoms with Crippen LogP contribution in [0.4, 0.5) is 11.6 Å². The second-order valence-corrected chi connectivity index (χ2v) is 4.73. The Morgan fingerprint density at radius 1 is 1.05 bits per heavy atom. The molecule has 0 aliphatic rings. The van der Waals surface area contributed by atoms with Gasteiger partial charge >= 0.3 is 0 Å². The van der Waals surface area contributed by atoms with Gasteiger partial charge in [0.1, 0.15) is 5.75 Å². The first-order valence-corrected chi connectivity index (χ1v) is 6.35. The summed E-state index contributed by atoms with van der Waals surface area (Å²) in [5.41, 5.74) is 11.8. The molecular weight excluding hydrogens is 256 g/mol. The van der Waals surface area contributed by atoms with Crippen molar-refractivity contribution in [2.24, 2.45) is 5.92 Å². The molecule has 1 aromatic heterocycles. The fourth-order valence-electron chi connectivity index (χ4n) is 1.48. The number of nitrogens with zero attached hydrogens (tertiary/aromatic N) is 2. The van der Waals surface area contributed by atoms with Crippen LogP contribution >= 0.6 is 0 Å². The molecule has 0 bridgehead atoms. The standard InChI is InChI=1S/C14H18N4O2/c1-9(2)8-19-12-11(15)13(18-14(16)17-12)20-10-6-4-3-5-7-10/h3-7,9H,8,15H2,1-2H3,(H2,16,17,18). The molecule has 2 aromatic rings. The van der Waals surface area contributed by atoms with Crippen LogP contribution in [0.5, 0.6) is 17.5 Å². The van der Waals surface area contributed by atoms with Crippen LogP contribution in [0.2, 0.25) is 0 Å². The zero-order chi connectivity index (χ0) is 14.5. The molecule has 0 aliphatic carbocycles. The van der Waals surface area contributed by atoms with E-state index in [9.17, 15) is 0 Å². The van der Waals surface area contributed by atoms with Gasteiger partial charge in [0.05, 0.1) is 6.61 Å². The van der Waals surface area contributed by atoms with Gasteiger partial charge in [-0.2, -0.15) is 9.97 Å². The molecule has 106 valence electrons. The Kier molecular flexibility index (Phi) is 4.24. The summed E-state index contributed by atoms with van der Waals surface area (Å²) in [5, 5.41) is 0. The van der Waals surface area contributed by atoms with E-state index in [1.807, 2.05) is 32.0 Å². The summed E-state index contributed by atoms with van der Waals surface area (Å²) in [7, 11) is 0. The second-order valence-electron chi connectivity index (χ2n) is 4.73. The number of hydrogen-bond acceptors (Lipinski definition) is 6. The van der Waals surface area contributed by atoms with Gasteiger partial charge in [0.15, 0.2) is 5.69 Å². The van der Waals surface area contributed by atoms with Gasteiger partial charge in [-0.1, -0.05) is 32.0 Å². The van der Waals surface area contributed by atoms with Crippen molar-refractivity contribution in [3.8, 4) is 17.5 Å². The van der Waals surface area contributed by atoms with Crippen molar-refractivity contribution in [2.45, 2.75) is 13.8 Å². The van der Waals surface area contributed by atoms with E-state index in [4.69, 9.17) is 20.9 Å². The average molecular weight is 274 g/mol. The van der Waals surface area contributed by atoms with Crippen LogP contribution in [0.1, 0.15) is 13.8 Å². The van der Waals surface area contributed by atoms with E-state index < -0.39 is 0 Å². The normalized spacial score (nSPS) is 10.6. The maximum absolute atomic E-state index is 5.96. The molecule has 4 N–H and O–H groups in total. The minimum Gasteiger partial charge on any atom is -0.476 e. The first-order valence-electron chi connectivity index (χ1n) is 6.35. The molecule has 6 nitrogen and oxygen atoms in total. The van der Waals surface area contributed by atoms with Crippen LogP contribution in [-0.4, -0.2) is 16.6 Å². The largest absolute Gasteiger partial charge is 0.476 e. The summed E-state index contributed by atoms with van der Waals surface area (Å²) in [5.74, 6) is 1.47. The van der Waals surface area contributed by atoms with Gasteiger partial charge in [-0.25, -0.2) is 0 Å². The van der Waals surface area contributed by atoms with Crippen molar-refractivity contribution in [1.82, 2.24) is 9.97 Å². The second kappa shape index (κ2) is 6.10. The minimum absolute atomic E-state index is 0.0592. The highest BCUT2D eigenvalue weighted by atomic mass is 16.5. The van der Waals surface area contributed by atoms with Crippen LogP contribution in [0, 0.1) is 5.92 Å². The van der Waals surface area contributed by atoms with Crippen molar-refractivity contribution in [3.05, 3.63) is 30.3 Å². The lowest BCUT2D eigenvalue weighted by molar-refractivity contribution is 0.261. The van der Waals surface area contributed by atoms with Crippen LogP contribution in [-0.2, 0) is 0 Å². The molecule has 1 heterocycles. The van der Waals surface area contributed by atoms with E-state index in [0.717, 1.165) is 0 Å². The maximum Gasteiger partial charge on any atom is 0.251 e. The molecule has 0 amide bonds. The van der Waals surface area contributed by atoms with Gasteiger partial charge < -0.3 is 20.9 Å². The number of anilines is 2. The number of rotatable bonds is 5. The molecule has 0 saturated carbocycles. The van der Waals surface area contributed by atoms with Crippen molar-refractivity contribution in [3.63, 3.8) is 0 Å². The number of benzene rings is 1. The van der Waals surface area contributed by atoms with E-state index >= 15 is 0 Å². The minimum atomic E-state index is 0.0592. The van der Waals surface area contributed by atoms with E-state index in [1.54, 1.807) is 12.1 Å². The summed E-state index contributed by atoms with van der Waals surface area (Å²) < 4.78 is 11.1. The summed E-state index contributed by atoms with van der Waals surface area (Å²) in [6.45, 7) is 4.55. The third-order valence-corrected chi connectivity index (χ3v) is 2.40. The van der Waals surface area contributed by atoms with E-state index in [-0.39, 0.29) is 23.4 Å². The monoisotopic (exact) mass is 274 g/mol. The quantitative estimate of drug-likeness (QED) is 0.869. The molecule has 6 heteroatoms. The van der Waals surface area contributed by atoms with Gasteiger partial charge in [-0.3, -0.25) is 0 Å². The van der Waals surface area contributed by atoms with E-state index in [1.165, 1.54) is 0 Å². The van der Waals surface area contributed by atoms with Crippen LogP contribution in [0.3, 0.4) is 0 Å². The Balaban J connectivity index is 2.24. The Morgan fingerprint density at radius 2 is 1.70 bits per heavy atom. The Labute approximate surface area is 117 Å². The molecule has 2 rings (SSSR count). The summed E-state index contributed by atoms with van der Waals surface area (Å²) >= 11 is 0. The van der Waals surface area contributed by atoms with Gasteiger partial charge in [-0.15, -0.1) is 0 Å². The number of nitrogens with two attached hydrogens (primary N) is 2. The predicted molar refractivity (Wildman–Crippen MR) is 77.7 cm³/mol. The lowest BCUT2D eigenvalue weighted by Crippen LogP contribution is -2.10. The first-order chi connectivity index (χ1) is 9.56. The molecule has 0 atom stereocenters. The van der Waals surface area contributed by atoms with Crippen molar-refractivity contribution >= 4 is 11.6 Å².